The van der Waals surface area contributed by atoms with Gasteiger partial charge >= 0.3 is 0 Å². The zero-order valence-electron chi connectivity index (χ0n) is 14.7. The molecular weight excluding hydrogens is 344 g/mol. The van der Waals surface area contributed by atoms with Crippen LogP contribution in [0.5, 0.6) is 0 Å². The van der Waals surface area contributed by atoms with E-state index in [4.69, 9.17) is 16.0 Å². The van der Waals surface area contributed by atoms with Gasteiger partial charge in [-0.05, 0) is 40.5 Å². The number of aryl methyl sites for hydroxylation is 2. The van der Waals surface area contributed by atoms with E-state index in [1.165, 1.54) is 26.7 Å². The quantitative estimate of drug-likeness (QED) is 0.368. The normalized spacial score (nSPS) is 11.5. The Bertz CT molecular complexity index is 787. The van der Waals surface area contributed by atoms with Gasteiger partial charge in [-0.3, -0.25) is 0 Å². The average molecular weight is 367 g/mol. The molecule has 3 rings (SSSR count). The van der Waals surface area contributed by atoms with E-state index in [1.807, 2.05) is 0 Å². The number of alkyl halides is 1. The first-order valence-corrected chi connectivity index (χ1v) is 11.0. The molecule has 0 aliphatic heterocycles. The molecule has 3 aromatic carbocycles. The van der Waals surface area contributed by atoms with Gasteiger partial charge in [-0.2, -0.15) is 0 Å². The van der Waals surface area contributed by atoms with Gasteiger partial charge in [0.15, 0.2) is 0 Å². The highest BCUT2D eigenvalue weighted by atomic mass is 35.5. The summed E-state index contributed by atoms with van der Waals surface area (Å²) in [4.78, 5) is 0. The molecule has 25 heavy (non-hydrogen) atoms. The average Bonchev–Trinajstić information content (AvgIpc) is 2.65. The lowest BCUT2D eigenvalue weighted by Crippen LogP contribution is -2.70. The number of halogens is 1. The molecule has 0 atom stereocenters. The van der Waals surface area contributed by atoms with Crippen LogP contribution in [0.15, 0.2) is 78.9 Å². The van der Waals surface area contributed by atoms with Gasteiger partial charge in [0.2, 0.25) is 0 Å². The predicted octanol–water partition coefficient (Wildman–Crippen LogP) is 3.53. The van der Waals surface area contributed by atoms with Gasteiger partial charge in [-0.25, -0.2) is 0 Å². The summed E-state index contributed by atoms with van der Waals surface area (Å²) in [6.07, 6.45) is 0. The Morgan fingerprint density at radius 1 is 0.720 bits per heavy atom. The van der Waals surface area contributed by atoms with E-state index >= 15 is 0 Å². The third-order valence-corrected chi connectivity index (χ3v) is 9.20. The van der Waals surface area contributed by atoms with Crippen LogP contribution in [0.25, 0.3) is 0 Å². The number of benzene rings is 3. The fourth-order valence-corrected chi connectivity index (χ4v) is 8.10. The maximum Gasteiger partial charge on any atom is 0.288 e. The summed E-state index contributed by atoms with van der Waals surface area (Å²) < 4.78 is 6.71. The minimum absolute atomic E-state index is 0.485. The third-order valence-electron chi connectivity index (χ3n) is 4.62. The molecule has 0 unspecified atom stereocenters. The van der Waals surface area contributed by atoms with Gasteiger partial charge in [-0.15, -0.1) is 11.6 Å². The molecule has 128 valence electrons. The molecule has 0 heterocycles. The van der Waals surface area contributed by atoms with Gasteiger partial charge < -0.3 is 4.43 Å². The molecule has 0 aliphatic carbocycles. The monoisotopic (exact) mass is 366 g/mol. The molecule has 1 nitrogen and oxygen atoms in total. The highest BCUT2D eigenvalue weighted by Gasteiger charge is 2.43. The number of rotatable bonds is 6. The third kappa shape index (κ3) is 3.43. The standard InChI is InChI=1S/C22H23ClOSi/c1-18-10-6-8-14-21(18)25(24-17-16-23,20-12-4-3-5-13-20)22-15-9-7-11-19(22)2/h3-15H,16-17H2,1-2H3. The van der Waals surface area contributed by atoms with Crippen molar-refractivity contribution in [3.8, 4) is 0 Å². The predicted molar refractivity (Wildman–Crippen MR) is 110 cm³/mol. The van der Waals surface area contributed by atoms with E-state index in [2.05, 4.69) is 92.7 Å². The first-order valence-electron chi connectivity index (χ1n) is 8.58. The van der Waals surface area contributed by atoms with Crippen molar-refractivity contribution in [1.29, 1.82) is 0 Å². The van der Waals surface area contributed by atoms with Gasteiger partial charge in [0, 0.05) is 12.5 Å². The molecule has 0 spiro atoms. The molecule has 0 saturated heterocycles. The Balaban J connectivity index is 2.36. The highest BCUT2D eigenvalue weighted by Crippen LogP contribution is 2.14. The van der Waals surface area contributed by atoms with Crippen molar-refractivity contribution in [3.63, 3.8) is 0 Å². The van der Waals surface area contributed by atoms with Gasteiger partial charge in [0.1, 0.15) is 0 Å². The Labute approximate surface area is 156 Å². The first-order chi connectivity index (χ1) is 12.2. The lowest BCUT2D eigenvalue weighted by atomic mass is 10.2. The SMILES string of the molecule is Cc1ccccc1[Si](OCCCl)(c1ccccc1)c1ccccc1C. The van der Waals surface area contributed by atoms with E-state index in [1.54, 1.807) is 0 Å². The summed E-state index contributed by atoms with van der Waals surface area (Å²) in [7, 11) is -2.62. The van der Waals surface area contributed by atoms with E-state index in [0.29, 0.717) is 12.5 Å². The molecule has 0 aromatic heterocycles. The lowest BCUT2D eigenvalue weighted by molar-refractivity contribution is 0.350. The second-order valence-electron chi connectivity index (χ2n) is 6.21. The van der Waals surface area contributed by atoms with Crippen LogP contribution >= 0.6 is 11.6 Å². The Morgan fingerprint density at radius 3 is 1.68 bits per heavy atom. The van der Waals surface area contributed by atoms with Gasteiger partial charge in [0.05, 0.1) is 0 Å². The zero-order chi connectivity index (χ0) is 17.7. The summed E-state index contributed by atoms with van der Waals surface area (Å²) >= 11 is 6.05. The van der Waals surface area contributed by atoms with Crippen molar-refractivity contribution >= 4 is 35.5 Å². The minimum Gasteiger partial charge on any atom is -0.403 e. The summed E-state index contributed by atoms with van der Waals surface area (Å²) in [6.45, 7) is 4.87. The molecule has 3 aromatic rings. The second kappa shape index (κ2) is 8.00. The Hall–Kier alpha value is -1.87. The molecule has 0 amide bonds. The van der Waals surface area contributed by atoms with Crippen LogP contribution < -0.4 is 15.6 Å². The molecule has 0 bridgehead atoms. The second-order valence-corrected chi connectivity index (χ2v) is 9.90. The van der Waals surface area contributed by atoms with Crippen LogP contribution in [0.3, 0.4) is 0 Å². The highest BCUT2D eigenvalue weighted by molar-refractivity contribution is 7.07. The van der Waals surface area contributed by atoms with E-state index in [-0.39, 0.29) is 0 Å². The van der Waals surface area contributed by atoms with Crippen LogP contribution in [0, 0.1) is 13.8 Å². The molecule has 0 saturated carbocycles. The number of hydrogen-bond acceptors (Lipinski definition) is 1. The first kappa shape index (κ1) is 17.9. The molecule has 0 fully saturated rings. The molecule has 0 aliphatic rings. The van der Waals surface area contributed by atoms with Gasteiger partial charge in [-0.1, -0.05) is 78.9 Å². The molecular formula is C22H23ClOSi. The van der Waals surface area contributed by atoms with Gasteiger partial charge in [0.25, 0.3) is 8.32 Å². The van der Waals surface area contributed by atoms with Crippen LogP contribution in [-0.4, -0.2) is 20.8 Å². The summed E-state index contributed by atoms with van der Waals surface area (Å²) in [5.41, 5.74) is 2.52. The van der Waals surface area contributed by atoms with E-state index in [0.717, 1.165) is 0 Å². The Kier molecular flexibility index (Phi) is 5.74. The smallest absolute Gasteiger partial charge is 0.288 e. The van der Waals surface area contributed by atoms with Crippen LogP contribution in [-0.2, 0) is 4.43 Å². The largest absolute Gasteiger partial charge is 0.403 e. The van der Waals surface area contributed by atoms with Crippen molar-refractivity contribution in [1.82, 2.24) is 0 Å². The van der Waals surface area contributed by atoms with Crippen molar-refractivity contribution in [3.05, 3.63) is 90.0 Å². The zero-order valence-corrected chi connectivity index (χ0v) is 16.5. The molecule has 3 heteroatoms. The molecule has 0 N–H and O–H groups in total. The topological polar surface area (TPSA) is 9.23 Å². The maximum atomic E-state index is 6.71. The van der Waals surface area contributed by atoms with Crippen LogP contribution in [0.4, 0.5) is 0 Å². The van der Waals surface area contributed by atoms with E-state index < -0.39 is 8.32 Å². The van der Waals surface area contributed by atoms with E-state index in [9.17, 15) is 0 Å². The summed E-state index contributed by atoms with van der Waals surface area (Å²) in [6, 6.07) is 27.8. The van der Waals surface area contributed by atoms with Crippen molar-refractivity contribution in [2.24, 2.45) is 0 Å². The van der Waals surface area contributed by atoms with Crippen molar-refractivity contribution in [2.45, 2.75) is 13.8 Å². The van der Waals surface area contributed by atoms with Crippen LogP contribution in [0.2, 0.25) is 0 Å². The Morgan fingerprint density at radius 2 is 1.20 bits per heavy atom. The fourth-order valence-electron chi connectivity index (χ4n) is 3.50. The fraction of sp³-hybridized carbons (Fsp3) is 0.182. The summed E-state index contributed by atoms with van der Waals surface area (Å²) in [5.74, 6) is 0.485. The van der Waals surface area contributed by atoms with Crippen LogP contribution in [0.1, 0.15) is 11.1 Å². The molecule has 0 radical (unpaired) electrons. The number of hydrogen-bond donors (Lipinski definition) is 0. The van der Waals surface area contributed by atoms with Crippen molar-refractivity contribution in [2.75, 3.05) is 12.5 Å². The maximum absolute atomic E-state index is 6.71. The van der Waals surface area contributed by atoms with Crippen molar-refractivity contribution < 1.29 is 4.43 Å². The lowest BCUT2D eigenvalue weighted by Gasteiger charge is -2.35. The summed E-state index contributed by atoms with van der Waals surface area (Å²) in [5, 5.41) is 3.84. The minimum atomic E-state index is -2.62.